The van der Waals surface area contributed by atoms with E-state index in [0.717, 1.165) is 11.1 Å². The number of rotatable bonds is 5. The molecule has 0 aromatic heterocycles. The maximum atomic E-state index is 11.7. The van der Waals surface area contributed by atoms with Gasteiger partial charge in [-0.25, -0.2) is 0 Å². The SMILES string of the molecule is CC(=O)c1ccc(C#CCNC(=O)COc2cccc(C)c2)cc1. The molecule has 0 fully saturated rings. The predicted molar refractivity (Wildman–Crippen MR) is 93.0 cm³/mol. The number of Topliss-reactive ketones (excluding diaryl/α,β-unsaturated/α-hetero) is 1. The van der Waals surface area contributed by atoms with E-state index in [0.29, 0.717) is 11.3 Å². The van der Waals surface area contributed by atoms with Gasteiger partial charge in [-0.3, -0.25) is 9.59 Å². The van der Waals surface area contributed by atoms with Gasteiger partial charge in [0.1, 0.15) is 5.75 Å². The third kappa shape index (κ3) is 5.62. The summed E-state index contributed by atoms with van der Waals surface area (Å²) in [5, 5.41) is 2.68. The number of ether oxygens (including phenoxy) is 1. The number of aryl methyl sites for hydroxylation is 1. The molecule has 0 radical (unpaired) electrons. The summed E-state index contributed by atoms with van der Waals surface area (Å²) in [4.78, 5) is 22.9. The third-order valence-electron chi connectivity index (χ3n) is 3.26. The van der Waals surface area contributed by atoms with Gasteiger partial charge in [0.2, 0.25) is 0 Å². The first-order chi connectivity index (χ1) is 11.5. The normalized spacial score (nSPS) is 9.58. The first-order valence-electron chi connectivity index (χ1n) is 7.60. The predicted octanol–water partition coefficient (Wildman–Crippen LogP) is 2.74. The van der Waals surface area contributed by atoms with Crippen LogP contribution in [0.3, 0.4) is 0 Å². The Morgan fingerprint density at radius 3 is 2.54 bits per heavy atom. The number of ketones is 1. The standard InChI is InChI=1S/C20H19NO3/c1-15-5-3-7-19(13-15)24-14-20(23)21-12-4-6-17-8-10-18(11-9-17)16(2)22/h3,5,7-11,13H,12,14H2,1-2H3,(H,21,23). The van der Waals surface area contributed by atoms with Crippen LogP contribution < -0.4 is 10.1 Å². The molecule has 0 aliphatic carbocycles. The van der Waals surface area contributed by atoms with Gasteiger partial charge in [0, 0.05) is 11.1 Å². The highest BCUT2D eigenvalue weighted by atomic mass is 16.5. The first-order valence-corrected chi connectivity index (χ1v) is 7.60. The zero-order valence-electron chi connectivity index (χ0n) is 13.8. The summed E-state index contributed by atoms with van der Waals surface area (Å²) in [6, 6.07) is 14.6. The van der Waals surface area contributed by atoms with Crippen LogP contribution >= 0.6 is 0 Å². The van der Waals surface area contributed by atoms with Crippen LogP contribution in [0.4, 0.5) is 0 Å². The summed E-state index contributed by atoms with van der Waals surface area (Å²) in [5.41, 5.74) is 2.53. The monoisotopic (exact) mass is 321 g/mol. The van der Waals surface area contributed by atoms with Crippen LogP contribution in [0.2, 0.25) is 0 Å². The van der Waals surface area contributed by atoms with Crippen molar-refractivity contribution < 1.29 is 14.3 Å². The summed E-state index contributed by atoms with van der Waals surface area (Å²) in [5.74, 6) is 6.26. The molecule has 0 aliphatic rings. The van der Waals surface area contributed by atoms with E-state index in [4.69, 9.17) is 4.74 Å². The molecule has 122 valence electrons. The minimum absolute atomic E-state index is 0.0235. The molecule has 4 heteroatoms. The second kappa shape index (κ2) is 8.54. The van der Waals surface area contributed by atoms with Gasteiger partial charge in [0.25, 0.3) is 5.91 Å². The summed E-state index contributed by atoms with van der Waals surface area (Å²) in [6.45, 7) is 3.68. The third-order valence-corrected chi connectivity index (χ3v) is 3.26. The van der Waals surface area contributed by atoms with E-state index in [1.54, 1.807) is 24.3 Å². The minimum Gasteiger partial charge on any atom is -0.484 e. The Labute approximate surface area is 141 Å². The average molecular weight is 321 g/mol. The molecular weight excluding hydrogens is 302 g/mol. The van der Waals surface area contributed by atoms with Gasteiger partial charge in [-0.2, -0.15) is 0 Å². The van der Waals surface area contributed by atoms with Gasteiger partial charge in [0.05, 0.1) is 6.54 Å². The Hall–Kier alpha value is -3.06. The summed E-state index contributed by atoms with van der Waals surface area (Å²) >= 11 is 0. The first kappa shape index (κ1) is 17.3. The van der Waals surface area contributed by atoms with Crippen molar-refractivity contribution >= 4 is 11.7 Å². The highest BCUT2D eigenvalue weighted by molar-refractivity contribution is 5.94. The van der Waals surface area contributed by atoms with Crippen molar-refractivity contribution in [3.05, 3.63) is 65.2 Å². The molecule has 0 bridgehead atoms. The molecule has 1 N–H and O–H groups in total. The average Bonchev–Trinajstić information content (AvgIpc) is 2.57. The van der Waals surface area contributed by atoms with Crippen molar-refractivity contribution in [1.29, 1.82) is 0 Å². The zero-order chi connectivity index (χ0) is 17.4. The van der Waals surface area contributed by atoms with Crippen LogP contribution in [-0.2, 0) is 4.79 Å². The number of carbonyl (C=O) groups is 2. The molecule has 0 atom stereocenters. The second-order valence-electron chi connectivity index (χ2n) is 5.32. The molecule has 0 saturated carbocycles. The number of nitrogens with one attached hydrogen (secondary N) is 1. The number of carbonyl (C=O) groups excluding carboxylic acids is 2. The molecule has 0 spiro atoms. The van der Waals surface area contributed by atoms with Crippen molar-refractivity contribution in [3.8, 4) is 17.6 Å². The quantitative estimate of drug-likeness (QED) is 0.680. The van der Waals surface area contributed by atoms with E-state index in [9.17, 15) is 9.59 Å². The fraction of sp³-hybridized carbons (Fsp3) is 0.200. The van der Waals surface area contributed by atoms with E-state index in [1.165, 1.54) is 6.92 Å². The van der Waals surface area contributed by atoms with Gasteiger partial charge >= 0.3 is 0 Å². The maximum absolute atomic E-state index is 11.7. The lowest BCUT2D eigenvalue weighted by Gasteiger charge is -2.06. The molecule has 2 aromatic rings. The van der Waals surface area contributed by atoms with Crippen LogP contribution in [0.25, 0.3) is 0 Å². The molecule has 0 unspecified atom stereocenters. The summed E-state index contributed by atoms with van der Waals surface area (Å²) < 4.78 is 5.41. The van der Waals surface area contributed by atoms with Crippen LogP contribution in [0.5, 0.6) is 5.75 Å². The van der Waals surface area contributed by atoms with E-state index in [-0.39, 0.29) is 24.8 Å². The number of benzene rings is 2. The molecule has 2 rings (SSSR count). The molecular formula is C20H19NO3. The molecule has 4 nitrogen and oxygen atoms in total. The largest absolute Gasteiger partial charge is 0.484 e. The highest BCUT2D eigenvalue weighted by Crippen LogP contribution is 2.11. The van der Waals surface area contributed by atoms with Crippen molar-refractivity contribution in [2.24, 2.45) is 0 Å². The molecule has 24 heavy (non-hydrogen) atoms. The maximum Gasteiger partial charge on any atom is 0.258 e. The Morgan fingerprint density at radius 1 is 1.12 bits per heavy atom. The molecule has 1 amide bonds. The fourth-order valence-corrected chi connectivity index (χ4v) is 1.98. The van der Waals surface area contributed by atoms with Gasteiger partial charge in [-0.15, -0.1) is 0 Å². The van der Waals surface area contributed by atoms with E-state index < -0.39 is 0 Å². The van der Waals surface area contributed by atoms with Gasteiger partial charge in [0.15, 0.2) is 12.4 Å². The molecule has 0 aliphatic heterocycles. The molecule has 0 saturated heterocycles. The summed E-state index contributed by atoms with van der Waals surface area (Å²) in [6.07, 6.45) is 0. The lowest BCUT2D eigenvalue weighted by atomic mass is 10.1. The Morgan fingerprint density at radius 2 is 1.88 bits per heavy atom. The number of amides is 1. The highest BCUT2D eigenvalue weighted by Gasteiger charge is 2.01. The second-order valence-corrected chi connectivity index (χ2v) is 5.32. The van der Waals surface area contributed by atoms with Gasteiger partial charge < -0.3 is 10.1 Å². The zero-order valence-corrected chi connectivity index (χ0v) is 13.8. The van der Waals surface area contributed by atoms with Crippen LogP contribution in [0, 0.1) is 18.8 Å². The minimum atomic E-state index is -0.224. The topological polar surface area (TPSA) is 55.4 Å². The molecule has 0 heterocycles. The smallest absolute Gasteiger partial charge is 0.258 e. The van der Waals surface area contributed by atoms with Crippen LogP contribution in [0.1, 0.15) is 28.4 Å². The number of hydrogen-bond acceptors (Lipinski definition) is 3. The Kier molecular flexibility index (Phi) is 6.16. The Balaban J connectivity index is 1.75. The van der Waals surface area contributed by atoms with E-state index in [1.807, 2.05) is 31.2 Å². The van der Waals surface area contributed by atoms with Gasteiger partial charge in [-0.1, -0.05) is 36.1 Å². The lowest BCUT2D eigenvalue weighted by Crippen LogP contribution is -2.29. The lowest BCUT2D eigenvalue weighted by molar-refractivity contribution is -0.122. The van der Waals surface area contributed by atoms with Crippen molar-refractivity contribution in [3.63, 3.8) is 0 Å². The number of hydrogen-bond donors (Lipinski definition) is 1. The Bertz CT molecular complexity index is 783. The van der Waals surface area contributed by atoms with E-state index in [2.05, 4.69) is 17.2 Å². The van der Waals surface area contributed by atoms with E-state index >= 15 is 0 Å². The van der Waals surface area contributed by atoms with Crippen molar-refractivity contribution in [2.45, 2.75) is 13.8 Å². The van der Waals surface area contributed by atoms with Crippen LogP contribution in [-0.4, -0.2) is 24.8 Å². The van der Waals surface area contributed by atoms with Crippen molar-refractivity contribution in [1.82, 2.24) is 5.32 Å². The molecule has 2 aromatic carbocycles. The van der Waals surface area contributed by atoms with Gasteiger partial charge in [-0.05, 0) is 43.7 Å². The van der Waals surface area contributed by atoms with Crippen LogP contribution in [0.15, 0.2) is 48.5 Å². The summed E-state index contributed by atoms with van der Waals surface area (Å²) in [7, 11) is 0. The van der Waals surface area contributed by atoms with Crippen molar-refractivity contribution in [2.75, 3.05) is 13.2 Å². The fourth-order valence-electron chi connectivity index (χ4n) is 1.98.